The number of hydrogen-bond acceptors (Lipinski definition) is 3. The first-order valence-corrected chi connectivity index (χ1v) is 7.08. The second kappa shape index (κ2) is 4.91. The van der Waals surface area contributed by atoms with Gasteiger partial charge in [-0.15, -0.1) is 11.3 Å². The third kappa shape index (κ3) is 2.57. The summed E-state index contributed by atoms with van der Waals surface area (Å²) < 4.78 is 52.0. The van der Waals surface area contributed by atoms with Crippen LogP contribution in [0.3, 0.4) is 0 Å². The van der Waals surface area contributed by atoms with Crippen molar-refractivity contribution in [3.05, 3.63) is 40.2 Å². The number of halogens is 4. The number of alkyl halides is 3. The smallest absolute Gasteiger partial charge is 0.292 e. The van der Waals surface area contributed by atoms with Crippen molar-refractivity contribution >= 4 is 17.1 Å². The maximum absolute atomic E-state index is 13.8. The van der Waals surface area contributed by atoms with Gasteiger partial charge in [0.1, 0.15) is 16.5 Å². The minimum Gasteiger partial charge on any atom is -0.292 e. The number of nitrogens with zero attached hydrogens (tertiary/aromatic N) is 1. The average Bonchev–Trinajstić information content (AvgIpc) is 2.83. The summed E-state index contributed by atoms with van der Waals surface area (Å²) >= 11 is 1.09. The van der Waals surface area contributed by atoms with Gasteiger partial charge < -0.3 is 0 Å². The number of thiazole rings is 1. The van der Waals surface area contributed by atoms with E-state index in [1.54, 1.807) is 0 Å². The monoisotopic (exact) mass is 315 g/mol. The Hall–Kier alpha value is -1.76. The zero-order valence-electron chi connectivity index (χ0n) is 10.6. The number of fused-ring (bicyclic) bond motifs is 1. The molecule has 1 aromatic heterocycles. The Morgan fingerprint density at radius 2 is 1.95 bits per heavy atom. The Bertz CT molecular complexity index is 720. The van der Waals surface area contributed by atoms with Crippen LogP contribution < -0.4 is 0 Å². The molecule has 7 heteroatoms. The Morgan fingerprint density at radius 3 is 2.62 bits per heavy atom. The second-order valence-electron chi connectivity index (χ2n) is 4.76. The molecule has 0 atom stereocenters. The minimum atomic E-state index is -4.55. The molecule has 3 rings (SSSR count). The molecule has 0 unspecified atom stereocenters. The molecule has 1 aliphatic carbocycles. The van der Waals surface area contributed by atoms with Crippen LogP contribution in [0.1, 0.15) is 33.8 Å². The molecule has 110 valence electrons. The SMILES string of the molecule is O=C1CCCc2sc(-c3cc(C(F)(F)F)ccc3F)nc21. The van der Waals surface area contributed by atoms with E-state index in [1.807, 2.05) is 0 Å². The second-order valence-corrected chi connectivity index (χ2v) is 5.84. The average molecular weight is 315 g/mol. The predicted octanol–water partition coefficient (Wildman–Crippen LogP) is 4.49. The number of Topliss-reactive ketones (excluding diaryl/α,β-unsaturated/α-hetero) is 1. The number of ketones is 1. The van der Waals surface area contributed by atoms with Crippen molar-refractivity contribution in [1.82, 2.24) is 4.98 Å². The van der Waals surface area contributed by atoms with Crippen LogP contribution in [0.2, 0.25) is 0 Å². The summed E-state index contributed by atoms with van der Waals surface area (Å²) in [6.07, 6.45) is -2.83. The van der Waals surface area contributed by atoms with Gasteiger partial charge in [0.15, 0.2) is 5.78 Å². The van der Waals surface area contributed by atoms with Gasteiger partial charge in [-0.3, -0.25) is 4.79 Å². The molecule has 0 spiro atoms. The fourth-order valence-corrected chi connectivity index (χ4v) is 3.39. The molecule has 1 aliphatic rings. The van der Waals surface area contributed by atoms with Crippen molar-refractivity contribution in [2.24, 2.45) is 0 Å². The molecule has 2 aromatic rings. The zero-order chi connectivity index (χ0) is 15.2. The summed E-state index contributed by atoms with van der Waals surface area (Å²) in [5.74, 6) is -0.910. The number of carbonyl (C=O) groups excluding carboxylic acids is 1. The van der Waals surface area contributed by atoms with Crippen molar-refractivity contribution < 1.29 is 22.4 Å². The molecule has 0 amide bonds. The molecule has 1 aromatic carbocycles. The van der Waals surface area contributed by atoms with E-state index in [0.717, 1.165) is 28.3 Å². The largest absolute Gasteiger partial charge is 0.416 e. The summed E-state index contributed by atoms with van der Waals surface area (Å²) in [6.45, 7) is 0. The minimum absolute atomic E-state index is 0.124. The van der Waals surface area contributed by atoms with E-state index in [1.165, 1.54) is 0 Å². The molecule has 21 heavy (non-hydrogen) atoms. The number of benzene rings is 1. The lowest BCUT2D eigenvalue weighted by atomic mass is 10.0. The van der Waals surface area contributed by atoms with Crippen LogP contribution in [-0.4, -0.2) is 10.8 Å². The highest BCUT2D eigenvalue weighted by Gasteiger charge is 2.32. The molecule has 0 radical (unpaired) electrons. The third-order valence-corrected chi connectivity index (χ3v) is 4.44. The quantitative estimate of drug-likeness (QED) is 0.726. The van der Waals surface area contributed by atoms with Crippen LogP contribution >= 0.6 is 11.3 Å². The summed E-state index contributed by atoms with van der Waals surface area (Å²) in [5.41, 5.74) is -0.867. The Balaban J connectivity index is 2.10. The molecule has 1 heterocycles. The summed E-state index contributed by atoms with van der Waals surface area (Å²) in [7, 11) is 0. The van der Waals surface area contributed by atoms with Gasteiger partial charge in [-0.2, -0.15) is 13.2 Å². The molecule has 0 N–H and O–H groups in total. The molecule has 2 nitrogen and oxygen atoms in total. The van der Waals surface area contributed by atoms with Crippen LogP contribution in [0.25, 0.3) is 10.6 Å². The number of aromatic nitrogens is 1. The lowest BCUT2D eigenvalue weighted by Crippen LogP contribution is -2.08. The lowest BCUT2D eigenvalue weighted by Gasteiger charge is -2.08. The normalized spacial score (nSPS) is 15.1. The van der Waals surface area contributed by atoms with Crippen molar-refractivity contribution in [2.75, 3.05) is 0 Å². The fraction of sp³-hybridized carbons (Fsp3) is 0.286. The summed E-state index contributed by atoms with van der Waals surface area (Å²) in [4.78, 5) is 16.5. The highest BCUT2D eigenvalue weighted by molar-refractivity contribution is 7.15. The highest BCUT2D eigenvalue weighted by atomic mass is 32.1. The van der Waals surface area contributed by atoms with E-state index >= 15 is 0 Å². The van der Waals surface area contributed by atoms with Crippen molar-refractivity contribution in [3.8, 4) is 10.6 Å². The van der Waals surface area contributed by atoms with Crippen LogP contribution in [0.15, 0.2) is 18.2 Å². The van der Waals surface area contributed by atoms with E-state index < -0.39 is 17.6 Å². The van der Waals surface area contributed by atoms with Crippen LogP contribution in [0, 0.1) is 5.82 Å². The number of hydrogen-bond donors (Lipinski definition) is 0. The van der Waals surface area contributed by atoms with Gasteiger partial charge in [0.25, 0.3) is 0 Å². The van der Waals surface area contributed by atoms with Crippen molar-refractivity contribution in [3.63, 3.8) is 0 Å². The Kier molecular flexibility index (Phi) is 3.32. The molecule has 0 bridgehead atoms. The molecule has 0 saturated carbocycles. The Morgan fingerprint density at radius 1 is 1.19 bits per heavy atom. The zero-order valence-corrected chi connectivity index (χ0v) is 11.4. The number of carbonyl (C=O) groups is 1. The Labute approximate surface area is 121 Å². The highest BCUT2D eigenvalue weighted by Crippen LogP contribution is 2.37. The van der Waals surface area contributed by atoms with Gasteiger partial charge >= 0.3 is 6.18 Å². The molecule has 0 fully saturated rings. The van der Waals surface area contributed by atoms with Crippen LogP contribution in [0.5, 0.6) is 0 Å². The first-order valence-electron chi connectivity index (χ1n) is 6.26. The molecular weight excluding hydrogens is 306 g/mol. The summed E-state index contributed by atoms with van der Waals surface area (Å²) in [6, 6.07) is 2.21. The first kappa shape index (κ1) is 14.2. The molecular formula is C14H9F4NOS. The van der Waals surface area contributed by atoms with E-state index in [0.29, 0.717) is 25.3 Å². The molecule has 0 aliphatic heterocycles. The van der Waals surface area contributed by atoms with E-state index in [9.17, 15) is 22.4 Å². The third-order valence-electron chi connectivity index (χ3n) is 3.29. The van der Waals surface area contributed by atoms with Gasteiger partial charge in [-0.1, -0.05) is 0 Å². The topological polar surface area (TPSA) is 30.0 Å². The van der Waals surface area contributed by atoms with Crippen molar-refractivity contribution in [2.45, 2.75) is 25.4 Å². The van der Waals surface area contributed by atoms with E-state index in [2.05, 4.69) is 4.98 Å². The summed E-state index contributed by atoms with van der Waals surface area (Å²) in [5, 5.41) is 0.124. The van der Waals surface area contributed by atoms with Crippen molar-refractivity contribution in [1.29, 1.82) is 0 Å². The number of rotatable bonds is 1. The fourth-order valence-electron chi connectivity index (χ4n) is 2.25. The maximum Gasteiger partial charge on any atom is 0.416 e. The van der Waals surface area contributed by atoms with Crippen LogP contribution in [-0.2, 0) is 12.6 Å². The first-order chi connectivity index (χ1) is 9.86. The lowest BCUT2D eigenvalue weighted by molar-refractivity contribution is -0.137. The standard InChI is InChI=1S/C14H9F4NOS/c15-9-5-4-7(14(16,17)18)6-8(9)13-19-12-10(20)2-1-3-11(12)21-13/h4-6H,1-3H2. The predicted molar refractivity (Wildman–Crippen MR) is 69.8 cm³/mol. The van der Waals surface area contributed by atoms with Gasteiger partial charge in [0.2, 0.25) is 0 Å². The van der Waals surface area contributed by atoms with Gasteiger partial charge in [0, 0.05) is 16.9 Å². The number of aryl methyl sites for hydroxylation is 1. The van der Waals surface area contributed by atoms with Gasteiger partial charge in [-0.25, -0.2) is 9.37 Å². The van der Waals surface area contributed by atoms with E-state index in [-0.39, 0.29) is 22.0 Å². The van der Waals surface area contributed by atoms with Crippen LogP contribution in [0.4, 0.5) is 17.6 Å². The van der Waals surface area contributed by atoms with E-state index in [4.69, 9.17) is 0 Å². The van der Waals surface area contributed by atoms with Gasteiger partial charge in [0.05, 0.1) is 5.56 Å². The maximum atomic E-state index is 13.8. The van der Waals surface area contributed by atoms with Gasteiger partial charge in [-0.05, 0) is 31.0 Å². The molecule has 0 saturated heterocycles.